The van der Waals surface area contributed by atoms with Gasteiger partial charge in [0, 0.05) is 53.9 Å². The van der Waals surface area contributed by atoms with E-state index in [9.17, 15) is 9.18 Å². The molecule has 3 aromatic rings. The van der Waals surface area contributed by atoms with Crippen molar-refractivity contribution in [3.05, 3.63) is 64.8 Å². The van der Waals surface area contributed by atoms with Crippen LogP contribution in [-0.2, 0) is 11.2 Å². The van der Waals surface area contributed by atoms with Crippen LogP contribution in [0.1, 0.15) is 30.2 Å². The van der Waals surface area contributed by atoms with Crippen molar-refractivity contribution in [1.29, 1.82) is 0 Å². The maximum absolute atomic E-state index is 14.0. The first-order valence-electron chi connectivity index (χ1n) is 10.5. The minimum atomic E-state index is -0.439. The molecule has 1 aliphatic carbocycles. The number of benzene rings is 2. The van der Waals surface area contributed by atoms with Crippen molar-refractivity contribution in [2.75, 3.05) is 31.1 Å². The highest BCUT2D eigenvalue weighted by Gasteiger charge is 2.30. The SMILES string of the molecule is O=C(Cc1c(F)cccc1Cl)N1CCN(c2ccc(-c3noc(C4CC4)n3)cc2)CC1. The summed E-state index contributed by atoms with van der Waals surface area (Å²) in [4.78, 5) is 21.1. The van der Waals surface area contributed by atoms with E-state index in [4.69, 9.17) is 16.1 Å². The molecule has 0 N–H and O–H groups in total. The van der Waals surface area contributed by atoms with Crippen LogP contribution in [0.3, 0.4) is 0 Å². The maximum atomic E-state index is 14.0. The molecule has 8 heteroatoms. The largest absolute Gasteiger partial charge is 0.368 e. The Kier molecular flexibility index (Phi) is 5.36. The van der Waals surface area contributed by atoms with Crippen molar-refractivity contribution < 1.29 is 13.7 Å². The highest BCUT2D eigenvalue weighted by Crippen LogP contribution is 2.39. The number of amides is 1. The fourth-order valence-electron chi connectivity index (χ4n) is 3.85. The molecular weight excluding hydrogens is 419 g/mol. The molecule has 2 heterocycles. The van der Waals surface area contributed by atoms with Crippen LogP contribution in [0.15, 0.2) is 47.0 Å². The van der Waals surface area contributed by atoms with Gasteiger partial charge in [-0.15, -0.1) is 0 Å². The summed E-state index contributed by atoms with van der Waals surface area (Å²) in [7, 11) is 0. The number of rotatable bonds is 5. The lowest BCUT2D eigenvalue weighted by atomic mass is 10.1. The molecule has 6 nitrogen and oxygen atoms in total. The van der Waals surface area contributed by atoms with E-state index in [0.29, 0.717) is 37.9 Å². The number of carbonyl (C=O) groups excluding carboxylic acids is 1. The zero-order valence-corrected chi connectivity index (χ0v) is 17.7. The zero-order chi connectivity index (χ0) is 21.4. The number of hydrogen-bond acceptors (Lipinski definition) is 5. The van der Waals surface area contributed by atoms with Crippen molar-refractivity contribution in [2.24, 2.45) is 0 Å². The summed E-state index contributed by atoms with van der Waals surface area (Å²) in [5, 5.41) is 4.38. The first-order chi connectivity index (χ1) is 15.1. The topological polar surface area (TPSA) is 62.5 Å². The smallest absolute Gasteiger partial charge is 0.230 e. The summed E-state index contributed by atoms with van der Waals surface area (Å²) in [6, 6.07) is 12.6. The molecule has 1 amide bonds. The van der Waals surface area contributed by atoms with E-state index in [1.165, 1.54) is 6.07 Å². The van der Waals surface area contributed by atoms with Crippen LogP contribution in [-0.4, -0.2) is 47.1 Å². The maximum Gasteiger partial charge on any atom is 0.230 e. The van der Waals surface area contributed by atoms with Crippen LogP contribution in [0.4, 0.5) is 10.1 Å². The van der Waals surface area contributed by atoms with Gasteiger partial charge in [-0.2, -0.15) is 4.98 Å². The second-order valence-electron chi connectivity index (χ2n) is 8.02. The molecular formula is C23H22ClFN4O2. The van der Waals surface area contributed by atoms with E-state index in [1.807, 2.05) is 24.3 Å². The van der Waals surface area contributed by atoms with Gasteiger partial charge in [0.1, 0.15) is 5.82 Å². The average Bonchev–Trinajstić information content (AvgIpc) is 3.53. The van der Waals surface area contributed by atoms with E-state index < -0.39 is 5.82 Å². The lowest BCUT2D eigenvalue weighted by molar-refractivity contribution is -0.130. The Balaban J connectivity index is 1.18. The molecule has 0 spiro atoms. The van der Waals surface area contributed by atoms with Crippen LogP contribution in [0, 0.1) is 5.82 Å². The minimum Gasteiger partial charge on any atom is -0.368 e. The predicted octanol–water partition coefficient (Wildman–Crippen LogP) is 4.30. The Bertz CT molecular complexity index is 1070. The van der Waals surface area contributed by atoms with Gasteiger partial charge in [0.2, 0.25) is 17.6 Å². The van der Waals surface area contributed by atoms with Gasteiger partial charge in [-0.3, -0.25) is 4.79 Å². The van der Waals surface area contributed by atoms with Gasteiger partial charge in [0.25, 0.3) is 0 Å². The number of anilines is 1. The molecule has 1 saturated carbocycles. The molecule has 0 unspecified atom stereocenters. The van der Waals surface area contributed by atoms with Crippen LogP contribution in [0.5, 0.6) is 0 Å². The fraction of sp³-hybridized carbons (Fsp3) is 0.348. The standard InChI is InChI=1S/C23H22ClFN4O2/c24-19-2-1-3-20(25)18(19)14-21(30)29-12-10-28(11-13-29)17-8-6-15(7-9-17)22-26-23(31-27-22)16-4-5-16/h1-3,6-9,16H,4-5,10-14H2. The van der Waals surface area contributed by atoms with E-state index >= 15 is 0 Å². The van der Waals surface area contributed by atoms with Crippen LogP contribution >= 0.6 is 11.6 Å². The van der Waals surface area contributed by atoms with Gasteiger partial charge in [-0.1, -0.05) is 22.8 Å². The summed E-state index contributed by atoms with van der Waals surface area (Å²) >= 11 is 6.06. The van der Waals surface area contributed by atoms with Crippen molar-refractivity contribution in [3.8, 4) is 11.4 Å². The lowest BCUT2D eigenvalue weighted by Gasteiger charge is -2.36. The third-order valence-corrected chi connectivity index (χ3v) is 6.24. The van der Waals surface area contributed by atoms with Gasteiger partial charge in [0.15, 0.2) is 0 Å². The molecule has 0 atom stereocenters. The van der Waals surface area contributed by atoms with Gasteiger partial charge in [0.05, 0.1) is 6.42 Å². The summed E-state index contributed by atoms with van der Waals surface area (Å²) in [5.74, 6) is 1.25. The van der Waals surface area contributed by atoms with Gasteiger partial charge in [-0.05, 0) is 49.2 Å². The summed E-state index contributed by atoms with van der Waals surface area (Å²) in [6.07, 6.45) is 2.23. The third-order valence-electron chi connectivity index (χ3n) is 5.88. The van der Waals surface area contributed by atoms with E-state index in [-0.39, 0.29) is 22.9 Å². The Labute approximate surface area is 184 Å². The second-order valence-corrected chi connectivity index (χ2v) is 8.43. The number of aromatic nitrogens is 2. The normalized spacial score (nSPS) is 16.6. The molecule has 1 aliphatic heterocycles. The number of hydrogen-bond donors (Lipinski definition) is 0. The Morgan fingerprint density at radius 3 is 2.52 bits per heavy atom. The average molecular weight is 441 g/mol. The van der Waals surface area contributed by atoms with Crippen LogP contribution in [0.25, 0.3) is 11.4 Å². The molecule has 31 heavy (non-hydrogen) atoms. The Hall–Kier alpha value is -2.93. The molecule has 0 radical (unpaired) electrons. The summed E-state index contributed by atoms with van der Waals surface area (Å²) in [5.41, 5.74) is 2.27. The van der Waals surface area contributed by atoms with Crippen molar-refractivity contribution in [1.82, 2.24) is 15.0 Å². The first kappa shape index (κ1) is 20.0. The number of piperazine rings is 1. The van der Waals surface area contributed by atoms with E-state index in [1.54, 1.807) is 17.0 Å². The molecule has 2 fully saturated rings. The number of halogens is 2. The minimum absolute atomic E-state index is 0.0201. The Morgan fingerprint density at radius 1 is 1.10 bits per heavy atom. The molecule has 0 bridgehead atoms. The summed E-state index contributed by atoms with van der Waals surface area (Å²) in [6.45, 7) is 2.60. The van der Waals surface area contributed by atoms with Crippen molar-refractivity contribution in [2.45, 2.75) is 25.2 Å². The van der Waals surface area contributed by atoms with Gasteiger partial charge < -0.3 is 14.3 Å². The molecule has 160 valence electrons. The first-order valence-corrected chi connectivity index (χ1v) is 10.9. The monoisotopic (exact) mass is 440 g/mol. The van der Waals surface area contributed by atoms with Crippen LogP contribution in [0.2, 0.25) is 5.02 Å². The highest BCUT2D eigenvalue weighted by molar-refractivity contribution is 6.31. The molecule has 1 aromatic heterocycles. The number of carbonyl (C=O) groups is 1. The van der Waals surface area contributed by atoms with E-state index in [2.05, 4.69) is 15.0 Å². The third kappa shape index (κ3) is 4.28. The van der Waals surface area contributed by atoms with Crippen molar-refractivity contribution in [3.63, 3.8) is 0 Å². The summed E-state index contributed by atoms with van der Waals surface area (Å²) < 4.78 is 19.3. The van der Waals surface area contributed by atoms with E-state index in [0.717, 1.165) is 30.0 Å². The second kappa shape index (κ2) is 8.30. The fourth-order valence-corrected chi connectivity index (χ4v) is 4.08. The van der Waals surface area contributed by atoms with Crippen molar-refractivity contribution >= 4 is 23.2 Å². The molecule has 1 saturated heterocycles. The molecule has 2 aliphatic rings. The van der Waals surface area contributed by atoms with Crippen LogP contribution < -0.4 is 4.90 Å². The lowest BCUT2D eigenvalue weighted by Crippen LogP contribution is -2.49. The Morgan fingerprint density at radius 2 is 1.84 bits per heavy atom. The van der Waals surface area contributed by atoms with Gasteiger partial charge in [-0.25, -0.2) is 4.39 Å². The quantitative estimate of drug-likeness (QED) is 0.592. The zero-order valence-electron chi connectivity index (χ0n) is 16.9. The molecule has 2 aromatic carbocycles. The highest BCUT2D eigenvalue weighted by atomic mass is 35.5. The number of nitrogens with zero attached hydrogens (tertiary/aromatic N) is 4. The molecule has 5 rings (SSSR count). The predicted molar refractivity (Wildman–Crippen MR) is 116 cm³/mol. The van der Waals surface area contributed by atoms with Gasteiger partial charge >= 0.3 is 0 Å².